The van der Waals surface area contributed by atoms with Crippen LogP contribution in [0.1, 0.15) is 28.9 Å². The first-order valence-corrected chi connectivity index (χ1v) is 4.61. The lowest BCUT2D eigenvalue weighted by molar-refractivity contribution is 0.0597. The molecule has 88 valence electrons. The van der Waals surface area contributed by atoms with Gasteiger partial charge in [-0.1, -0.05) is 19.6 Å². The van der Waals surface area contributed by atoms with Gasteiger partial charge in [-0.15, -0.1) is 6.58 Å². The number of hydrogen-bond donors (Lipinski definition) is 1. The van der Waals surface area contributed by atoms with E-state index in [9.17, 15) is 9.90 Å². The number of benzene rings is 1. The smallest absolute Gasteiger partial charge is 0.341 e. The summed E-state index contributed by atoms with van der Waals surface area (Å²) in [6, 6.07) is 3.43. The molecule has 0 bridgehead atoms. The molecule has 0 heterocycles. The van der Waals surface area contributed by atoms with Crippen molar-refractivity contribution in [1.82, 2.24) is 0 Å². The minimum atomic E-state index is -0.526. The first kappa shape index (κ1) is 14.2. The van der Waals surface area contributed by atoms with Crippen molar-refractivity contribution in [3.63, 3.8) is 0 Å². The van der Waals surface area contributed by atoms with Crippen LogP contribution in [-0.2, 0) is 11.2 Å². The van der Waals surface area contributed by atoms with Gasteiger partial charge in [0.2, 0.25) is 0 Å². The fourth-order valence-corrected chi connectivity index (χ4v) is 1.43. The van der Waals surface area contributed by atoms with Crippen molar-refractivity contribution in [3.8, 4) is 5.75 Å². The van der Waals surface area contributed by atoms with Gasteiger partial charge < -0.3 is 9.84 Å². The largest absolute Gasteiger partial charge is 0.507 e. The number of hydrogen-bond acceptors (Lipinski definition) is 3. The van der Waals surface area contributed by atoms with E-state index in [4.69, 9.17) is 0 Å². The Bertz CT molecular complexity index is 394. The average Bonchev–Trinajstić information content (AvgIpc) is 2.22. The fourth-order valence-electron chi connectivity index (χ4n) is 1.43. The summed E-state index contributed by atoms with van der Waals surface area (Å²) in [6.07, 6.45) is 2.20. The molecule has 16 heavy (non-hydrogen) atoms. The van der Waals surface area contributed by atoms with Crippen LogP contribution in [0.15, 0.2) is 24.8 Å². The minimum absolute atomic E-state index is 0. The normalized spacial score (nSPS) is 9.12. The number of rotatable bonds is 3. The standard InChI is InChI=1S/C12H14O3.CH4/c1-4-5-9-6-8(2)7-10(11(9)13)12(14)15-3;/h4,6-7,13H,1,5H2,2-3H3;1H4. The summed E-state index contributed by atoms with van der Waals surface area (Å²) < 4.78 is 4.58. The minimum Gasteiger partial charge on any atom is -0.507 e. The number of aromatic hydroxyl groups is 1. The van der Waals surface area contributed by atoms with Crippen molar-refractivity contribution >= 4 is 5.97 Å². The molecule has 0 atom stereocenters. The van der Waals surface area contributed by atoms with E-state index in [-0.39, 0.29) is 18.7 Å². The Morgan fingerprint density at radius 3 is 2.69 bits per heavy atom. The third-order valence-electron chi connectivity index (χ3n) is 2.10. The highest BCUT2D eigenvalue weighted by molar-refractivity contribution is 5.93. The summed E-state index contributed by atoms with van der Waals surface area (Å²) in [5.41, 5.74) is 1.80. The lowest BCUT2D eigenvalue weighted by Gasteiger charge is -2.08. The third kappa shape index (κ3) is 2.86. The molecule has 0 radical (unpaired) electrons. The Morgan fingerprint density at radius 1 is 1.56 bits per heavy atom. The van der Waals surface area contributed by atoms with Crippen LogP contribution < -0.4 is 0 Å². The monoisotopic (exact) mass is 222 g/mol. The summed E-state index contributed by atoms with van der Waals surface area (Å²) in [5, 5.41) is 9.80. The number of carbonyl (C=O) groups excluding carboxylic acids is 1. The molecule has 0 fully saturated rings. The number of allylic oxidation sites excluding steroid dienone is 1. The van der Waals surface area contributed by atoms with Gasteiger partial charge in [0.15, 0.2) is 0 Å². The first-order valence-electron chi connectivity index (χ1n) is 4.61. The lowest BCUT2D eigenvalue weighted by atomic mass is 10.0. The number of carbonyl (C=O) groups is 1. The van der Waals surface area contributed by atoms with Crippen LogP contribution >= 0.6 is 0 Å². The molecule has 1 rings (SSSR count). The molecule has 0 aromatic heterocycles. The second-order valence-electron chi connectivity index (χ2n) is 3.30. The zero-order chi connectivity index (χ0) is 11.4. The molecule has 3 heteroatoms. The highest BCUT2D eigenvalue weighted by atomic mass is 16.5. The molecule has 3 nitrogen and oxygen atoms in total. The molecular weight excluding hydrogens is 204 g/mol. The molecule has 0 aliphatic rings. The van der Waals surface area contributed by atoms with Crippen molar-refractivity contribution in [2.75, 3.05) is 7.11 Å². The van der Waals surface area contributed by atoms with Crippen molar-refractivity contribution in [1.29, 1.82) is 0 Å². The van der Waals surface area contributed by atoms with Gasteiger partial charge in [-0.05, 0) is 30.5 Å². The second kappa shape index (κ2) is 5.95. The van der Waals surface area contributed by atoms with Crippen LogP contribution in [0, 0.1) is 6.92 Å². The molecule has 0 saturated carbocycles. The molecule has 1 aromatic carbocycles. The second-order valence-corrected chi connectivity index (χ2v) is 3.30. The van der Waals surface area contributed by atoms with Crippen LogP contribution in [0.5, 0.6) is 5.75 Å². The van der Waals surface area contributed by atoms with Crippen LogP contribution in [0.3, 0.4) is 0 Å². The molecular formula is C13H18O3. The maximum absolute atomic E-state index is 11.3. The lowest BCUT2D eigenvalue weighted by Crippen LogP contribution is -2.03. The van der Waals surface area contributed by atoms with Crippen LogP contribution in [-0.4, -0.2) is 18.2 Å². The number of esters is 1. The Kier molecular flexibility index (Phi) is 5.30. The van der Waals surface area contributed by atoms with Gasteiger partial charge in [0.05, 0.1) is 7.11 Å². The molecule has 0 aliphatic carbocycles. The Balaban J connectivity index is 0.00000225. The van der Waals surface area contributed by atoms with E-state index in [0.717, 1.165) is 5.56 Å². The molecule has 0 aliphatic heterocycles. The topological polar surface area (TPSA) is 46.5 Å². The summed E-state index contributed by atoms with van der Waals surface area (Å²) in [4.78, 5) is 11.3. The summed E-state index contributed by atoms with van der Waals surface area (Å²) in [6.45, 7) is 5.45. The highest BCUT2D eigenvalue weighted by Gasteiger charge is 2.14. The van der Waals surface area contributed by atoms with Gasteiger partial charge >= 0.3 is 5.97 Å². The molecule has 0 saturated heterocycles. The average molecular weight is 222 g/mol. The van der Waals surface area contributed by atoms with Crippen molar-refractivity contribution in [2.45, 2.75) is 20.8 Å². The number of phenolic OH excluding ortho intramolecular Hbond substituents is 1. The zero-order valence-corrected chi connectivity index (χ0v) is 8.91. The highest BCUT2D eigenvalue weighted by Crippen LogP contribution is 2.25. The van der Waals surface area contributed by atoms with Gasteiger partial charge in [0.1, 0.15) is 11.3 Å². The predicted molar refractivity (Wildman–Crippen MR) is 64.8 cm³/mol. The third-order valence-corrected chi connectivity index (χ3v) is 2.10. The molecule has 1 N–H and O–H groups in total. The van der Waals surface area contributed by atoms with E-state index in [1.54, 1.807) is 12.1 Å². The Morgan fingerprint density at radius 2 is 2.19 bits per heavy atom. The van der Waals surface area contributed by atoms with Crippen LogP contribution in [0.2, 0.25) is 0 Å². The SMILES string of the molecule is C.C=CCc1cc(C)cc(C(=O)OC)c1O. The molecule has 1 aromatic rings. The number of phenols is 1. The van der Waals surface area contributed by atoms with E-state index in [0.29, 0.717) is 12.0 Å². The van der Waals surface area contributed by atoms with Crippen molar-refractivity contribution in [3.05, 3.63) is 41.5 Å². The van der Waals surface area contributed by atoms with Gasteiger partial charge in [0.25, 0.3) is 0 Å². The number of methoxy groups -OCH3 is 1. The van der Waals surface area contributed by atoms with E-state index in [1.807, 2.05) is 13.0 Å². The van der Waals surface area contributed by atoms with Crippen molar-refractivity contribution < 1.29 is 14.6 Å². The van der Waals surface area contributed by atoms with Crippen LogP contribution in [0.25, 0.3) is 0 Å². The maximum atomic E-state index is 11.3. The fraction of sp³-hybridized carbons (Fsp3) is 0.308. The Labute approximate surface area is 96.4 Å². The van der Waals surface area contributed by atoms with E-state index < -0.39 is 5.97 Å². The predicted octanol–water partition coefficient (Wildman–Crippen LogP) is 2.85. The van der Waals surface area contributed by atoms with Gasteiger partial charge in [-0.3, -0.25) is 0 Å². The number of aryl methyl sites for hydroxylation is 1. The van der Waals surface area contributed by atoms with Crippen molar-refractivity contribution in [2.24, 2.45) is 0 Å². The summed E-state index contributed by atoms with van der Waals surface area (Å²) in [5.74, 6) is -0.547. The Hall–Kier alpha value is -1.77. The van der Waals surface area contributed by atoms with Gasteiger partial charge in [0, 0.05) is 0 Å². The number of ether oxygens (including phenoxy) is 1. The maximum Gasteiger partial charge on any atom is 0.341 e. The van der Waals surface area contributed by atoms with E-state index >= 15 is 0 Å². The van der Waals surface area contributed by atoms with Crippen LogP contribution in [0.4, 0.5) is 0 Å². The van der Waals surface area contributed by atoms with Gasteiger partial charge in [-0.25, -0.2) is 4.79 Å². The molecule has 0 amide bonds. The summed E-state index contributed by atoms with van der Waals surface area (Å²) >= 11 is 0. The molecule has 0 spiro atoms. The van der Waals surface area contributed by atoms with E-state index in [2.05, 4.69) is 11.3 Å². The quantitative estimate of drug-likeness (QED) is 0.632. The van der Waals surface area contributed by atoms with E-state index in [1.165, 1.54) is 7.11 Å². The zero-order valence-electron chi connectivity index (χ0n) is 8.91. The van der Waals surface area contributed by atoms with Gasteiger partial charge in [-0.2, -0.15) is 0 Å². The summed E-state index contributed by atoms with van der Waals surface area (Å²) in [7, 11) is 1.29. The molecule has 0 unspecified atom stereocenters. The first-order chi connectivity index (χ1) is 7.10.